The van der Waals surface area contributed by atoms with Gasteiger partial charge in [-0.25, -0.2) is 4.79 Å². The number of piperazine rings is 1. The first kappa shape index (κ1) is 16.9. The number of hydrogen-bond acceptors (Lipinski definition) is 4. The Hall–Kier alpha value is -2.96. The van der Waals surface area contributed by atoms with E-state index in [4.69, 9.17) is 0 Å². The van der Waals surface area contributed by atoms with E-state index in [1.807, 2.05) is 13.0 Å². The third-order valence-electron chi connectivity index (χ3n) is 4.30. The van der Waals surface area contributed by atoms with E-state index >= 15 is 0 Å². The molecule has 0 saturated carbocycles. The molecule has 25 heavy (non-hydrogen) atoms. The van der Waals surface area contributed by atoms with Gasteiger partial charge in [-0.05, 0) is 36.2 Å². The maximum atomic E-state index is 12.4. The van der Waals surface area contributed by atoms with E-state index in [2.05, 4.69) is 15.3 Å². The van der Waals surface area contributed by atoms with Crippen molar-refractivity contribution >= 4 is 11.9 Å². The molecule has 0 unspecified atom stereocenters. The smallest absolute Gasteiger partial charge is 0.317 e. The minimum atomic E-state index is -0.110. The molecule has 3 rings (SSSR count). The Labute approximate surface area is 146 Å². The van der Waals surface area contributed by atoms with Crippen LogP contribution in [0.3, 0.4) is 0 Å². The van der Waals surface area contributed by atoms with Crippen molar-refractivity contribution in [2.75, 3.05) is 26.2 Å². The first-order valence-electron chi connectivity index (χ1n) is 8.28. The van der Waals surface area contributed by atoms with Crippen LogP contribution < -0.4 is 5.32 Å². The van der Waals surface area contributed by atoms with Crippen molar-refractivity contribution in [2.45, 2.75) is 13.5 Å². The molecule has 130 valence electrons. The summed E-state index contributed by atoms with van der Waals surface area (Å²) in [7, 11) is 0. The highest BCUT2D eigenvalue weighted by Gasteiger charge is 2.25. The van der Waals surface area contributed by atoms with Gasteiger partial charge in [-0.2, -0.15) is 0 Å². The molecule has 0 spiro atoms. The van der Waals surface area contributed by atoms with Crippen LogP contribution in [0.5, 0.6) is 0 Å². The summed E-state index contributed by atoms with van der Waals surface area (Å²) in [4.78, 5) is 36.3. The van der Waals surface area contributed by atoms with Crippen LogP contribution in [0.25, 0.3) is 0 Å². The molecule has 2 aromatic heterocycles. The molecule has 3 amide bonds. The molecule has 7 nitrogen and oxygen atoms in total. The van der Waals surface area contributed by atoms with Gasteiger partial charge >= 0.3 is 6.03 Å². The van der Waals surface area contributed by atoms with Gasteiger partial charge in [0.1, 0.15) is 5.69 Å². The summed E-state index contributed by atoms with van der Waals surface area (Å²) >= 11 is 0. The van der Waals surface area contributed by atoms with Crippen molar-refractivity contribution in [3.8, 4) is 0 Å². The van der Waals surface area contributed by atoms with Gasteiger partial charge in [0, 0.05) is 51.3 Å². The Morgan fingerprint density at radius 3 is 2.52 bits per heavy atom. The number of urea groups is 1. The minimum Gasteiger partial charge on any atom is -0.334 e. The molecule has 0 radical (unpaired) electrons. The predicted molar refractivity (Wildman–Crippen MR) is 92.9 cm³/mol. The zero-order chi connectivity index (χ0) is 17.6. The summed E-state index contributed by atoms with van der Waals surface area (Å²) in [5, 5.41) is 2.93. The van der Waals surface area contributed by atoms with Crippen molar-refractivity contribution < 1.29 is 9.59 Å². The summed E-state index contributed by atoms with van der Waals surface area (Å²) < 4.78 is 0. The van der Waals surface area contributed by atoms with Crippen molar-refractivity contribution in [2.24, 2.45) is 0 Å². The van der Waals surface area contributed by atoms with Crippen LogP contribution >= 0.6 is 0 Å². The van der Waals surface area contributed by atoms with Gasteiger partial charge in [0.25, 0.3) is 5.91 Å². The highest BCUT2D eigenvalue weighted by atomic mass is 16.2. The number of carbonyl (C=O) groups is 2. The highest BCUT2D eigenvalue weighted by molar-refractivity contribution is 5.92. The van der Waals surface area contributed by atoms with E-state index in [1.165, 1.54) is 0 Å². The number of aryl methyl sites for hydroxylation is 1. The number of rotatable bonds is 3. The van der Waals surface area contributed by atoms with Crippen LogP contribution in [-0.2, 0) is 6.54 Å². The first-order chi connectivity index (χ1) is 12.1. The van der Waals surface area contributed by atoms with Gasteiger partial charge in [-0.1, -0.05) is 6.07 Å². The summed E-state index contributed by atoms with van der Waals surface area (Å²) in [5.41, 5.74) is 2.54. The fraction of sp³-hybridized carbons (Fsp3) is 0.333. The fourth-order valence-electron chi connectivity index (χ4n) is 2.75. The van der Waals surface area contributed by atoms with E-state index < -0.39 is 0 Å². The average Bonchev–Trinajstić information content (AvgIpc) is 2.67. The van der Waals surface area contributed by atoms with Crippen molar-refractivity contribution in [1.29, 1.82) is 0 Å². The maximum Gasteiger partial charge on any atom is 0.317 e. The normalized spacial score (nSPS) is 14.3. The number of nitrogens with zero attached hydrogens (tertiary/aromatic N) is 4. The molecular formula is C18H21N5O2. The molecule has 0 atom stereocenters. The van der Waals surface area contributed by atoms with Crippen LogP contribution in [0.15, 0.2) is 42.9 Å². The number of carbonyl (C=O) groups excluding carboxylic acids is 2. The van der Waals surface area contributed by atoms with Crippen LogP contribution in [0.2, 0.25) is 0 Å². The maximum absolute atomic E-state index is 12.4. The van der Waals surface area contributed by atoms with Crippen LogP contribution in [0, 0.1) is 6.92 Å². The quantitative estimate of drug-likeness (QED) is 0.918. The van der Waals surface area contributed by atoms with Crippen molar-refractivity contribution in [3.05, 3.63) is 59.7 Å². The molecule has 2 aromatic rings. The molecule has 0 aromatic carbocycles. The standard InChI is InChI=1S/C18H21N5O2/c1-14-12-19-7-5-15(14)13-21-18(25)23-10-8-22(9-11-23)17(24)16-4-2-3-6-20-16/h2-7,12H,8-11,13H2,1H3,(H,21,25). The topological polar surface area (TPSA) is 78.4 Å². The third kappa shape index (κ3) is 4.12. The van der Waals surface area contributed by atoms with Crippen molar-refractivity contribution in [1.82, 2.24) is 25.1 Å². The number of hydrogen-bond donors (Lipinski definition) is 1. The molecular weight excluding hydrogens is 318 g/mol. The Morgan fingerprint density at radius 1 is 1.08 bits per heavy atom. The zero-order valence-corrected chi connectivity index (χ0v) is 14.2. The second-order valence-corrected chi connectivity index (χ2v) is 5.96. The van der Waals surface area contributed by atoms with Gasteiger partial charge in [0.05, 0.1) is 0 Å². The molecule has 1 aliphatic heterocycles. The van der Waals surface area contributed by atoms with E-state index in [-0.39, 0.29) is 11.9 Å². The Balaban J connectivity index is 1.49. The fourth-order valence-corrected chi connectivity index (χ4v) is 2.75. The molecule has 3 heterocycles. The Kier molecular flexibility index (Phi) is 5.23. The molecule has 1 aliphatic rings. The monoisotopic (exact) mass is 339 g/mol. The molecule has 1 saturated heterocycles. The molecule has 0 aliphatic carbocycles. The molecule has 0 bridgehead atoms. The van der Waals surface area contributed by atoms with Crippen LogP contribution in [-0.4, -0.2) is 57.9 Å². The Bertz CT molecular complexity index is 742. The average molecular weight is 339 g/mol. The molecule has 1 N–H and O–H groups in total. The summed E-state index contributed by atoms with van der Waals surface area (Å²) in [6, 6.07) is 7.08. The van der Waals surface area contributed by atoms with Gasteiger partial charge < -0.3 is 15.1 Å². The molecule has 1 fully saturated rings. The summed E-state index contributed by atoms with van der Waals surface area (Å²) in [6.45, 7) is 4.49. The van der Waals surface area contributed by atoms with Gasteiger partial charge in [0.2, 0.25) is 0 Å². The lowest BCUT2D eigenvalue weighted by molar-refractivity contribution is 0.0659. The van der Waals surface area contributed by atoms with E-state index in [1.54, 1.807) is 46.6 Å². The van der Waals surface area contributed by atoms with Crippen LogP contribution in [0.1, 0.15) is 21.6 Å². The SMILES string of the molecule is Cc1cnccc1CNC(=O)N1CCN(C(=O)c2ccccn2)CC1. The Morgan fingerprint density at radius 2 is 1.84 bits per heavy atom. The lowest BCUT2D eigenvalue weighted by Crippen LogP contribution is -2.53. The third-order valence-corrected chi connectivity index (χ3v) is 4.30. The highest BCUT2D eigenvalue weighted by Crippen LogP contribution is 2.08. The lowest BCUT2D eigenvalue weighted by Gasteiger charge is -2.34. The summed E-state index contributed by atoms with van der Waals surface area (Å²) in [6.07, 6.45) is 5.11. The second kappa shape index (κ2) is 7.74. The number of nitrogens with one attached hydrogen (secondary N) is 1. The predicted octanol–water partition coefficient (Wildman–Crippen LogP) is 1.45. The number of aromatic nitrogens is 2. The lowest BCUT2D eigenvalue weighted by atomic mass is 10.1. The van der Waals surface area contributed by atoms with E-state index in [0.717, 1.165) is 11.1 Å². The van der Waals surface area contributed by atoms with Crippen LogP contribution in [0.4, 0.5) is 4.79 Å². The summed E-state index contributed by atoms with van der Waals surface area (Å²) in [5.74, 6) is -0.0898. The largest absolute Gasteiger partial charge is 0.334 e. The van der Waals surface area contributed by atoms with E-state index in [0.29, 0.717) is 38.4 Å². The van der Waals surface area contributed by atoms with Gasteiger partial charge in [-0.15, -0.1) is 0 Å². The zero-order valence-electron chi connectivity index (χ0n) is 14.2. The minimum absolute atomic E-state index is 0.0898. The van der Waals surface area contributed by atoms with Crippen molar-refractivity contribution in [3.63, 3.8) is 0 Å². The molecule has 7 heteroatoms. The first-order valence-corrected chi connectivity index (χ1v) is 8.28. The number of amides is 3. The van der Waals surface area contributed by atoms with Gasteiger partial charge in [0.15, 0.2) is 0 Å². The number of pyridine rings is 2. The second-order valence-electron chi connectivity index (χ2n) is 5.96. The van der Waals surface area contributed by atoms with Gasteiger partial charge in [-0.3, -0.25) is 14.8 Å². The van der Waals surface area contributed by atoms with E-state index in [9.17, 15) is 9.59 Å².